The Labute approximate surface area is 180 Å². The summed E-state index contributed by atoms with van der Waals surface area (Å²) in [7, 11) is -3.52. The van der Waals surface area contributed by atoms with Gasteiger partial charge < -0.3 is 0 Å². The van der Waals surface area contributed by atoms with Crippen LogP contribution in [0.25, 0.3) is 17.1 Å². The van der Waals surface area contributed by atoms with E-state index in [-0.39, 0.29) is 4.90 Å². The lowest BCUT2D eigenvalue weighted by atomic mass is 10.2. The predicted molar refractivity (Wildman–Crippen MR) is 116 cm³/mol. The summed E-state index contributed by atoms with van der Waals surface area (Å²) in [5, 5.41) is 18.2. The summed E-state index contributed by atoms with van der Waals surface area (Å²) in [6.45, 7) is 1.12. The van der Waals surface area contributed by atoms with Crippen LogP contribution in [0.4, 0.5) is 0 Å². The molecule has 0 bridgehead atoms. The number of thioether (sulfide) groups is 1. The molecule has 0 amide bonds. The van der Waals surface area contributed by atoms with Crippen LogP contribution in [-0.2, 0) is 10.0 Å². The van der Waals surface area contributed by atoms with E-state index in [9.17, 15) is 8.42 Å². The van der Waals surface area contributed by atoms with Crippen molar-refractivity contribution < 1.29 is 8.42 Å². The fourth-order valence-electron chi connectivity index (χ4n) is 3.42. The van der Waals surface area contributed by atoms with Crippen LogP contribution in [0.5, 0.6) is 0 Å². The zero-order chi connectivity index (χ0) is 21.0. The van der Waals surface area contributed by atoms with Gasteiger partial charge in [0.1, 0.15) is 0 Å². The summed E-state index contributed by atoms with van der Waals surface area (Å²) in [6, 6.07) is 18.7. The molecule has 4 rings (SSSR count). The summed E-state index contributed by atoms with van der Waals surface area (Å²) in [4.78, 5) is 0.267. The monoisotopic (exact) mass is 439 g/mol. The fraction of sp³-hybridized carbons (Fsp3) is 0.286. The van der Waals surface area contributed by atoms with Crippen molar-refractivity contribution in [1.29, 1.82) is 5.26 Å². The average Bonchev–Trinajstić information content (AvgIpc) is 3.45. The van der Waals surface area contributed by atoms with Crippen molar-refractivity contribution in [1.82, 2.24) is 19.1 Å². The van der Waals surface area contributed by atoms with Crippen LogP contribution in [0.15, 0.2) is 64.6 Å². The van der Waals surface area contributed by atoms with Crippen LogP contribution in [-0.4, -0.2) is 46.3 Å². The maximum atomic E-state index is 13.0. The second-order valence-corrected chi connectivity index (χ2v) is 9.87. The number of hydrogen-bond acceptors (Lipinski definition) is 6. The Hall–Kier alpha value is -2.67. The summed E-state index contributed by atoms with van der Waals surface area (Å²) in [5.74, 6) is 1.17. The molecule has 7 nitrogen and oxygen atoms in total. The van der Waals surface area contributed by atoms with E-state index < -0.39 is 10.0 Å². The number of nitriles is 1. The van der Waals surface area contributed by atoms with E-state index in [4.69, 9.17) is 5.26 Å². The third-order valence-corrected chi connectivity index (χ3v) is 7.71. The van der Waals surface area contributed by atoms with E-state index in [0.717, 1.165) is 18.5 Å². The van der Waals surface area contributed by atoms with E-state index >= 15 is 0 Å². The smallest absolute Gasteiger partial charge is 0.243 e. The van der Waals surface area contributed by atoms with Gasteiger partial charge in [-0.3, -0.25) is 4.57 Å². The SMILES string of the molecule is N#CCCSc1nnc(-c2cccc(S(=O)(=O)N3CCCC3)c2)n1-c1ccccc1. The van der Waals surface area contributed by atoms with Crippen molar-refractivity contribution in [3.05, 3.63) is 54.6 Å². The largest absolute Gasteiger partial charge is 0.270 e. The molecule has 0 spiro atoms. The summed E-state index contributed by atoms with van der Waals surface area (Å²) in [6.07, 6.45) is 2.19. The van der Waals surface area contributed by atoms with Gasteiger partial charge in [0, 0.05) is 36.5 Å². The second kappa shape index (κ2) is 9.00. The van der Waals surface area contributed by atoms with Gasteiger partial charge in [-0.15, -0.1) is 10.2 Å². The molecule has 0 saturated carbocycles. The first-order chi connectivity index (χ1) is 14.6. The van der Waals surface area contributed by atoms with E-state index in [0.29, 0.717) is 41.8 Å². The lowest BCUT2D eigenvalue weighted by Gasteiger charge is -2.16. The molecule has 2 heterocycles. The van der Waals surface area contributed by atoms with Gasteiger partial charge >= 0.3 is 0 Å². The molecule has 9 heteroatoms. The van der Waals surface area contributed by atoms with Gasteiger partial charge in [0.2, 0.25) is 10.0 Å². The highest BCUT2D eigenvalue weighted by Crippen LogP contribution is 2.30. The predicted octanol–water partition coefficient (Wildman–Crippen LogP) is 3.72. The molecule has 1 aliphatic rings. The maximum Gasteiger partial charge on any atom is 0.243 e. The third-order valence-electron chi connectivity index (χ3n) is 4.89. The summed E-state index contributed by atoms with van der Waals surface area (Å²) >= 11 is 1.45. The first-order valence-corrected chi connectivity index (χ1v) is 12.1. The Morgan fingerprint density at radius 1 is 1.03 bits per heavy atom. The normalized spacial score (nSPS) is 14.6. The van der Waals surface area contributed by atoms with Crippen LogP contribution in [0.2, 0.25) is 0 Å². The van der Waals surface area contributed by atoms with E-state index in [1.807, 2.05) is 41.0 Å². The Kier molecular flexibility index (Phi) is 6.18. The first kappa shape index (κ1) is 20.6. The zero-order valence-electron chi connectivity index (χ0n) is 16.3. The minimum Gasteiger partial charge on any atom is -0.270 e. The third kappa shape index (κ3) is 4.12. The van der Waals surface area contributed by atoms with Crippen LogP contribution in [0, 0.1) is 11.3 Å². The number of nitrogens with zero attached hydrogens (tertiary/aromatic N) is 5. The Morgan fingerprint density at radius 3 is 2.53 bits per heavy atom. The van der Waals surface area contributed by atoms with E-state index in [1.165, 1.54) is 16.1 Å². The molecule has 1 aliphatic heterocycles. The van der Waals surface area contributed by atoms with Crippen LogP contribution >= 0.6 is 11.8 Å². The number of benzene rings is 2. The molecule has 154 valence electrons. The molecule has 3 aromatic rings. The quantitative estimate of drug-likeness (QED) is 0.411. The molecular formula is C21H21N5O2S2. The topological polar surface area (TPSA) is 91.9 Å². The molecule has 1 saturated heterocycles. The molecule has 0 atom stereocenters. The molecule has 1 aromatic heterocycles. The van der Waals surface area contributed by atoms with Gasteiger partial charge in [0.15, 0.2) is 11.0 Å². The fourth-order valence-corrected chi connectivity index (χ4v) is 5.78. The standard InChI is InChI=1S/C21H21N5O2S2/c22-12-7-15-29-21-24-23-20(26(21)18-9-2-1-3-10-18)17-8-6-11-19(16-17)30(27,28)25-13-4-5-14-25/h1-3,6,8-11,16H,4-5,7,13-15H2. The molecule has 2 aromatic carbocycles. The van der Waals surface area contributed by atoms with Crippen LogP contribution in [0.3, 0.4) is 0 Å². The zero-order valence-corrected chi connectivity index (χ0v) is 17.9. The molecule has 30 heavy (non-hydrogen) atoms. The maximum absolute atomic E-state index is 13.0. The second-order valence-electron chi connectivity index (χ2n) is 6.87. The Balaban J connectivity index is 1.76. The highest BCUT2D eigenvalue weighted by atomic mass is 32.2. The number of rotatable bonds is 7. The van der Waals surface area contributed by atoms with Gasteiger partial charge in [-0.1, -0.05) is 42.1 Å². The van der Waals surface area contributed by atoms with Crippen LogP contribution in [0.1, 0.15) is 19.3 Å². The number of aromatic nitrogens is 3. The Morgan fingerprint density at radius 2 is 1.80 bits per heavy atom. The lowest BCUT2D eigenvalue weighted by Crippen LogP contribution is -2.27. The van der Waals surface area contributed by atoms with E-state index in [1.54, 1.807) is 18.2 Å². The van der Waals surface area contributed by atoms with Gasteiger partial charge in [-0.2, -0.15) is 9.57 Å². The van der Waals surface area contributed by atoms with Crippen molar-refractivity contribution >= 4 is 21.8 Å². The molecule has 1 fully saturated rings. The highest BCUT2D eigenvalue weighted by molar-refractivity contribution is 7.99. The molecule has 0 radical (unpaired) electrons. The van der Waals surface area contributed by atoms with Crippen molar-refractivity contribution in [3.8, 4) is 23.1 Å². The van der Waals surface area contributed by atoms with Gasteiger partial charge in [0.05, 0.1) is 11.0 Å². The van der Waals surface area contributed by atoms with Gasteiger partial charge in [-0.05, 0) is 37.1 Å². The molecule has 0 unspecified atom stereocenters. The number of sulfonamides is 1. The summed E-state index contributed by atoms with van der Waals surface area (Å²) < 4.78 is 29.4. The summed E-state index contributed by atoms with van der Waals surface area (Å²) in [5.41, 5.74) is 1.56. The Bertz CT molecular complexity index is 1160. The van der Waals surface area contributed by atoms with Gasteiger partial charge in [-0.25, -0.2) is 8.42 Å². The van der Waals surface area contributed by atoms with Crippen molar-refractivity contribution in [2.45, 2.75) is 29.3 Å². The van der Waals surface area contributed by atoms with E-state index in [2.05, 4.69) is 16.3 Å². The number of hydrogen-bond donors (Lipinski definition) is 0. The molecule has 0 aliphatic carbocycles. The number of para-hydroxylation sites is 1. The highest BCUT2D eigenvalue weighted by Gasteiger charge is 2.28. The van der Waals surface area contributed by atoms with Crippen molar-refractivity contribution in [2.24, 2.45) is 0 Å². The minimum absolute atomic E-state index is 0.267. The van der Waals surface area contributed by atoms with Gasteiger partial charge in [0.25, 0.3) is 0 Å². The average molecular weight is 440 g/mol. The van der Waals surface area contributed by atoms with Crippen molar-refractivity contribution in [3.63, 3.8) is 0 Å². The first-order valence-electron chi connectivity index (χ1n) is 9.72. The van der Waals surface area contributed by atoms with Crippen LogP contribution < -0.4 is 0 Å². The molecule has 0 N–H and O–H groups in total. The minimum atomic E-state index is -3.52. The van der Waals surface area contributed by atoms with Crippen molar-refractivity contribution in [2.75, 3.05) is 18.8 Å². The molecular weight excluding hydrogens is 418 g/mol. The lowest BCUT2D eigenvalue weighted by molar-refractivity contribution is 0.477.